The third-order valence-electron chi connectivity index (χ3n) is 1.49. The van der Waals surface area contributed by atoms with Crippen molar-refractivity contribution in [2.75, 3.05) is 6.61 Å². The minimum absolute atomic E-state index is 0.0695. The molecule has 2 nitrogen and oxygen atoms in total. The maximum Gasteiger partial charge on any atom is 0.338 e. The lowest BCUT2D eigenvalue weighted by Gasteiger charge is -2.04. The molecule has 0 aromatic heterocycles. The zero-order valence-electron chi connectivity index (χ0n) is 7.31. The maximum atomic E-state index is 13.1. The molecule has 0 heterocycles. The average Bonchev–Trinajstić information content (AvgIpc) is 2.13. The SMILES string of the molecule is CCOC(=O)c1cc(Cl)c(F)c(I)c1. The van der Waals surface area contributed by atoms with Crippen molar-refractivity contribution >= 4 is 40.2 Å². The minimum Gasteiger partial charge on any atom is -0.462 e. The Balaban J connectivity index is 3.06. The van der Waals surface area contributed by atoms with Gasteiger partial charge in [0.15, 0.2) is 5.82 Å². The molecule has 0 radical (unpaired) electrons. The number of rotatable bonds is 2. The topological polar surface area (TPSA) is 26.3 Å². The number of carbonyl (C=O) groups excluding carboxylic acids is 1. The van der Waals surface area contributed by atoms with Crippen molar-refractivity contribution in [3.63, 3.8) is 0 Å². The molecular formula is C9H7ClFIO2. The molecule has 0 spiro atoms. The van der Waals surface area contributed by atoms with Crippen LogP contribution >= 0.6 is 34.2 Å². The number of hydrogen-bond acceptors (Lipinski definition) is 2. The van der Waals surface area contributed by atoms with Crippen LogP contribution in [-0.2, 0) is 4.74 Å². The van der Waals surface area contributed by atoms with Gasteiger partial charge in [-0.1, -0.05) is 11.6 Å². The largest absolute Gasteiger partial charge is 0.462 e. The van der Waals surface area contributed by atoms with E-state index in [9.17, 15) is 9.18 Å². The van der Waals surface area contributed by atoms with Crippen LogP contribution in [0.4, 0.5) is 4.39 Å². The summed E-state index contributed by atoms with van der Waals surface area (Å²) in [6, 6.07) is 2.66. The molecule has 76 valence electrons. The van der Waals surface area contributed by atoms with Gasteiger partial charge in [0.2, 0.25) is 0 Å². The van der Waals surface area contributed by atoms with Gasteiger partial charge < -0.3 is 4.74 Å². The van der Waals surface area contributed by atoms with Crippen LogP contribution in [0.5, 0.6) is 0 Å². The molecule has 0 N–H and O–H groups in total. The Kier molecular flexibility index (Phi) is 4.12. The summed E-state index contributed by atoms with van der Waals surface area (Å²) in [6.07, 6.45) is 0. The third-order valence-corrected chi connectivity index (χ3v) is 2.55. The van der Waals surface area contributed by atoms with Gasteiger partial charge in [0.1, 0.15) is 0 Å². The van der Waals surface area contributed by atoms with Gasteiger partial charge in [-0.25, -0.2) is 9.18 Å². The van der Waals surface area contributed by atoms with Gasteiger partial charge in [-0.15, -0.1) is 0 Å². The van der Waals surface area contributed by atoms with E-state index in [0.717, 1.165) is 0 Å². The number of hydrogen-bond donors (Lipinski definition) is 0. The summed E-state index contributed by atoms with van der Waals surface area (Å²) in [5, 5.41) is -0.0695. The average molecular weight is 329 g/mol. The normalized spacial score (nSPS) is 10.0. The molecule has 0 unspecified atom stereocenters. The lowest BCUT2D eigenvalue weighted by Crippen LogP contribution is -2.05. The Morgan fingerprint density at radius 3 is 2.79 bits per heavy atom. The number of carbonyl (C=O) groups is 1. The van der Waals surface area contributed by atoms with Crippen LogP contribution in [0.25, 0.3) is 0 Å². The molecule has 1 aromatic rings. The summed E-state index contributed by atoms with van der Waals surface area (Å²) in [5.41, 5.74) is 0.266. The molecule has 0 aliphatic heterocycles. The van der Waals surface area contributed by atoms with E-state index in [2.05, 4.69) is 0 Å². The molecule has 0 bridgehead atoms. The van der Waals surface area contributed by atoms with Crippen LogP contribution in [-0.4, -0.2) is 12.6 Å². The zero-order chi connectivity index (χ0) is 10.7. The van der Waals surface area contributed by atoms with Gasteiger partial charge in [0, 0.05) is 0 Å². The lowest BCUT2D eigenvalue weighted by atomic mass is 10.2. The molecule has 0 aliphatic carbocycles. The highest BCUT2D eigenvalue weighted by molar-refractivity contribution is 14.1. The van der Waals surface area contributed by atoms with Crippen molar-refractivity contribution in [1.29, 1.82) is 0 Å². The van der Waals surface area contributed by atoms with E-state index in [1.807, 2.05) is 0 Å². The quantitative estimate of drug-likeness (QED) is 0.473. The second-order valence-electron chi connectivity index (χ2n) is 2.47. The number of benzene rings is 1. The van der Waals surface area contributed by atoms with E-state index in [4.69, 9.17) is 16.3 Å². The number of halogens is 3. The first-order chi connectivity index (χ1) is 6.56. The monoisotopic (exact) mass is 328 g/mol. The van der Waals surface area contributed by atoms with Crippen LogP contribution < -0.4 is 0 Å². The smallest absolute Gasteiger partial charge is 0.338 e. The van der Waals surface area contributed by atoms with Crippen LogP contribution in [0, 0.1) is 9.39 Å². The highest BCUT2D eigenvalue weighted by Crippen LogP contribution is 2.22. The Morgan fingerprint density at radius 1 is 1.64 bits per heavy atom. The Hall–Kier alpha value is -0.360. The first kappa shape index (κ1) is 11.7. The number of ether oxygens (including phenoxy) is 1. The molecule has 0 aliphatic rings. The fraction of sp³-hybridized carbons (Fsp3) is 0.222. The first-order valence-electron chi connectivity index (χ1n) is 3.88. The molecule has 0 saturated carbocycles. The molecule has 1 aromatic carbocycles. The van der Waals surface area contributed by atoms with Gasteiger partial charge in [-0.3, -0.25) is 0 Å². The van der Waals surface area contributed by atoms with Crippen LogP contribution in [0.15, 0.2) is 12.1 Å². The van der Waals surface area contributed by atoms with Gasteiger partial charge in [-0.2, -0.15) is 0 Å². The summed E-state index contributed by atoms with van der Waals surface area (Å²) in [6.45, 7) is 1.98. The second kappa shape index (κ2) is 4.93. The van der Waals surface area contributed by atoms with Gasteiger partial charge >= 0.3 is 5.97 Å². The first-order valence-corrected chi connectivity index (χ1v) is 5.33. The van der Waals surface area contributed by atoms with Gasteiger partial charge in [0.25, 0.3) is 0 Å². The van der Waals surface area contributed by atoms with E-state index in [0.29, 0.717) is 3.57 Å². The second-order valence-corrected chi connectivity index (χ2v) is 4.04. The summed E-state index contributed by atoms with van der Waals surface area (Å²) < 4.78 is 18.1. The summed E-state index contributed by atoms with van der Waals surface area (Å²) >= 11 is 7.35. The van der Waals surface area contributed by atoms with Crippen molar-refractivity contribution in [2.45, 2.75) is 6.92 Å². The fourth-order valence-corrected chi connectivity index (χ4v) is 1.89. The number of esters is 1. The molecule has 14 heavy (non-hydrogen) atoms. The Morgan fingerprint density at radius 2 is 2.29 bits per heavy atom. The lowest BCUT2D eigenvalue weighted by molar-refractivity contribution is 0.0526. The molecular weight excluding hydrogens is 321 g/mol. The van der Waals surface area contributed by atoms with Crippen LogP contribution in [0.2, 0.25) is 5.02 Å². The third kappa shape index (κ3) is 2.57. The van der Waals surface area contributed by atoms with Crippen molar-refractivity contribution in [3.05, 3.63) is 32.1 Å². The highest BCUT2D eigenvalue weighted by Gasteiger charge is 2.12. The van der Waals surface area contributed by atoms with Crippen LogP contribution in [0.3, 0.4) is 0 Å². The van der Waals surface area contributed by atoms with E-state index < -0.39 is 11.8 Å². The van der Waals surface area contributed by atoms with E-state index in [1.165, 1.54) is 12.1 Å². The van der Waals surface area contributed by atoms with Crippen molar-refractivity contribution in [3.8, 4) is 0 Å². The van der Waals surface area contributed by atoms with Crippen molar-refractivity contribution in [2.24, 2.45) is 0 Å². The predicted octanol–water partition coefficient (Wildman–Crippen LogP) is 3.26. The summed E-state index contributed by atoms with van der Waals surface area (Å²) in [5.74, 6) is -1.01. The van der Waals surface area contributed by atoms with Crippen molar-refractivity contribution < 1.29 is 13.9 Å². The molecule has 0 fully saturated rings. The molecule has 0 saturated heterocycles. The Labute approximate surface area is 99.5 Å². The molecule has 1 rings (SSSR count). The van der Waals surface area contributed by atoms with Crippen molar-refractivity contribution in [1.82, 2.24) is 0 Å². The van der Waals surface area contributed by atoms with E-state index >= 15 is 0 Å². The standard InChI is InChI=1S/C9H7ClFIO2/c1-2-14-9(13)5-3-6(10)8(11)7(12)4-5/h3-4H,2H2,1H3. The van der Waals surface area contributed by atoms with E-state index in [1.54, 1.807) is 29.5 Å². The maximum absolute atomic E-state index is 13.1. The Bertz CT molecular complexity index is 345. The minimum atomic E-state index is -0.514. The van der Waals surface area contributed by atoms with Gasteiger partial charge in [0.05, 0.1) is 20.8 Å². The van der Waals surface area contributed by atoms with E-state index in [-0.39, 0.29) is 17.2 Å². The highest BCUT2D eigenvalue weighted by atomic mass is 127. The fourth-order valence-electron chi connectivity index (χ4n) is 0.888. The molecule has 0 atom stereocenters. The van der Waals surface area contributed by atoms with Crippen LogP contribution in [0.1, 0.15) is 17.3 Å². The van der Waals surface area contributed by atoms with Gasteiger partial charge in [-0.05, 0) is 41.6 Å². The molecule has 0 amide bonds. The summed E-state index contributed by atoms with van der Waals surface area (Å²) in [4.78, 5) is 11.3. The summed E-state index contributed by atoms with van der Waals surface area (Å²) in [7, 11) is 0. The predicted molar refractivity (Wildman–Crippen MR) is 60.1 cm³/mol. The zero-order valence-corrected chi connectivity index (χ0v) is 10.2. The molecule has 5 heteroatoms.